The van der Waals surface area contributed by atoms with Gasteiger partial charge in [-0.25, -0.2) is 4.98 Å². The summed E-state index contributed by atoms with van der Waals surface area (Å²) in [5.41, 5.74) is 1.48. The largest absolute Gasteiger partial charge is 0.349 e. The Balaban J connectivity index is 1.63. The van der Waals surface area contributed by atoms with E-state index in [1.165, 1.54) is 11.8 Å². The molecule has 0 aliphatic rings. The molecule has 1 heterocycles. The Morgan fingerprint density at radius 2 is 1.88 bits per heavy atom. The second kappa shape index (κ2) is 7.31. The van der Waals surface area contributed by atoms with Gasteiger partial charge in [-0.3, -0.25) is 9.59 Å². The van der Waals surface area contributed by atoms with Gasteiger partial charge in [-0.2, -0.15) is 0 Å². The summed E-state index contributed by atoms with van der Waals surface area (Å²) in [6.45, 7) is 1.94. The third-order valence-electron chi connectivity index (χ3n) is 3.61. The van der Waals surface area contributed by atoms with Gasteiger partial charge >= 0.3 is 0 Å². The first-order valence-corrected chi connectivity index (χ1v) is 8.58. The molecule has 0 aliphatic heterocycles. The van der Waals surface area contributed by atoms with E-state index in [0.29, 0.717) is 16.1 Å². The van der Waals surface area contributed by atoms with E-state index in [2.05, 4.69) is 15.3 Å². The van der Waals surface area contributed by atoms with Gasteiger partial charge in [-0.15, -0.1) is 0 Å². The maximum atomic E-state index is 12.1. The number of aromatic amines is 1. The number of carbonyl (C=O) groups is 1. The van der Waals surface area contributed by atoms with Crippen LogP contribution in [-0.4, -0.2) is 21.6 Å². The van der Waals surface area contributed by atoms with E-state index >= 15 is 0 Å². The van der Waals surface area contributed by atoms with Crippen LogP contribution in [0.3, 0.4) is 0 Å². The quantitative estimate of drug-likeness (QED) is 0.554. The van der Waals surface area contributed by atoms with Crippen LogP contribution in [-0.2, 0) is 4.79 Å². The lowest BCUT2D eigenvalue weighted by Gasteiger charge is -2.13. The highest BCUT2D eigenvalue weighted by molar-refractivity contribution is 7.99. The number of aromatic nitrogens is 2. The van der Waals surface area contributed by atoms with Crippen molar-refractivity contribution >= 4 is 28.6 Å². The molecular formula is C18H17N3O2S. The highest BCUT2D eigenvalue weighted by Gasteiger charge is 2.11. The average molecular weight is 339 g/mol. The molecule has 0 aliphatic carbocycles. The van der Waals surface area contributed by atoms with Crippen molar-refractivity contribution in [2.45, 2.75) is 18.1 Å². The number of rotatable bonds is 5. The van der Waals surface area contributed by atoms with Crippen LogP contribution >= 0.6 is 11.8 Å². The minimum Gasteiger partial charge on any atom is -0.349 e. The summed E-state index contributed by atoms with van der Waals surface area (Å²) in [4.78, 5) is 31.2. The Kier molecular flexibility index (Phi) is 4.96. The number of benzene rings is 2. The monoisotopic (exact) mass is 339 g/mol. The molecular weight excluding hydrogens is 322 g/mol. The van der Waals surface area contributed by atoms with Crippen LogP contribution in [0.4, 0.5) is 0 Å². The SMILES string of the molecule is C[C@H](NC(=O)CSc1nc2ccccc2c(=O)[nH]1)c1ccccc1. The van der Waals surface area contributed by atoms with E-state index in [1.807, 2.05) is 43.3 Å². The molecule has 122 valence electrons. The van der Waals surface area contributed by atoms with Gasteiger partial charge in [0.1, 0.15) is 0 Å². The predicted molar refractivity (Wildman–Crippen MR) is 96.1 cm³/mol. The number of nitrogens with one attached hydrogen (secondary N) is 2. The van der Waals surface area contributed by atoms with Crippen molar-refractivity contribution in [3.05, 3.63) is 70.5 Å². The molecule has 5 nitrogen and oxygen atoms in total. The van der Waals surface area contributed by atoms with Crippen molar-refractivity contribution < 1.29 is 4.79 Å². The first-order valence-electron chi connectivity index (χ1n) is 7.59. The van der Waals surface area contributed by atoms with Crippen LogP contribution in [0.1, 0.15) is 18.5 Å². The molecule has 24 heavy (non-hydrogen) atoms. The smallest absolute Gasteiger partial charge is 0.259 e. The van der Waals surface area contributed by atoms with E-state index in [-0.39, 0.29) is 23.3 Å². The summed E-state index contributed by atoms with van der Waals surface area (Å²) < 4.78 is 0. The number of carbonyl (C=O) groups excluding carboxylic acids is 1. The van der Waals surface area contributed by atoms with Crippen molar-refractivity contribution in [2.24, 2.45) is 0 Å². The molecule has 3 aromatic rings. The van der Waals surface area contributed by atoms with E-state index in [4.69, 9.17) is 0 Å². The molecule has 1 amide bonds. The molecule has 3 rings (SSSR count). The fourth-order valence-electron chi connectivity index (χ4n) is 2.38. The van der Waals surface area contributed by atoms with Crippen molar-refractivity contribution in [2.75, 3.05) is 5.75 Å². The van der Waals surface area contributed by atoms with Gasteiger partial charge in [0, 0.05) is 0 Å². The molecule has 0 fully saturated rings. The fourth-order valence-corrected chi connectivity index (χ4v) is 3.05. The summed E-state index contributed by atoms with van der Waals surface area (Å²) in [6, 6.07) is 16.8. The minimum atomic E-state index is -0.193. The third kappa shape index (κ3) is 3.83. The van der Waals surface area contributed by atoms with E-state index in [9.17, 15) is 9.59 Å². The van der Waals surface area contributed by atoms with E-state index in [0.717, 1.165) is 5.56 Å². The number of H-pyrrole nitrogens is 1. The number of amides is 1. The zero-order valence-corrected chi connectivity index (χ0v) is 14.0. The molecule has 0 radical (unpaired) electrons. The average Bonchev–Trinajstić information content (AvgIpc) is 2.61. The van der Waals surface area contributed by atoms with Gasteiger partial charge in [0.25, 0.3) is 5.56 Å². The molecule has 2 aromatic carbocycles. The Bertz CT molecular complexity index is 909. The topological polar surface area (TPSA) is 74.8 Å². The second-order valence-electron chi connectivity index (χ2n) is 5.38. The summed E-state index contributed by atoms with van der Waals surface area (Å²) in [5, 5.41) is 3.93. The molecule has 2 N–H and O–H groups in total. The number of para-hydroxylation sites is 1. The van der Waals surface area contributed by atoms with Crippen LogP contribution in [0.5, 0.6) is 0 Å². The number of hydrogen-bond acceptors (Lipinski definition) is 4. The van der Waals surface area contributed by atoms with Gasteiger partial charge in [0.2, 0.25) is 5.91 Å². The van der Waals surface area contributed by atoms with Crippen molar-refractivity contribution in [1.82, 2.24) is 15.3 Å². The Morgan fingerprint density at radius 3 is 2.67 bits per heavy atom. The first-order chi connectivity index (χ1) is 11.6. The predicted octanol–water partition coefficient (Wildman–Crippen LogP) is 2.89. The van der Waals surface area contributed by atoms with Gasteiger partial charge in [-0.05, 0) is 24.6 Å². The molecule has 0 unspecified atom stereocenters. The van der Waals surface area contributed by atoms with Gasteiger partial charge in [-0.1, -0.05) is 54.2 Å². The van der Waals surface area contributed by atoms with E-state index < -0.39 is 0 Å². The van der Waals surface area contributed by atoms with Gasteiger partial charge in [0.05, 0.1) is 22.7 Å². The Labute approximate surface area is 143 Å². The molecule has 6 heteroatoms. The van der Waals surface area contributed by atoms with E-state index in [1.54, 1.807) is 18.2 Å². The number of fused-ring (bicyclic) bond motifs is 1. The molecule has 1 atom stereocenters. The maximum Gasteiger partial charge on any atom is 0.259 e. The molecule has 1 aromatic heterocycles. The Hall–Kier alpha value is -2.60. The number of nitrogens with zero attached hydrogens (tertiary/aromatic N) is 1. The zero-order valence-electron chi connectivity index (χ0n) is 13.2. The normalized spacial score (nSPS) is 12.0. The van der Waals surface area contributed by atoms with Crippen LogP contribution in [0, 0.1) is 0 Å². The summed E-state index contributed by atoms with van der Waals surface area (Å²) in [5.74, 6) is 0.0884. The summed E-state index contributed by atoms with van der Waals surface area (Å²) >= 11 is 1.22. The van der Waals surface area contributed by atoms with Crippen LogP contribution in [0.15, 0.2) is 64.5 Å². The minimum absolute atomic E-state index is 0.0667. The lowest BCUT2D eigenvalue weighted by molar-refractivity contribution is -0.119. The van der Waals surface area contributed by atoms with Gasteiger partial charge < -0.3 is 10.3 Å². The van der Waals surface area contributed by atoms with Crippen molar-refractivity contribution in [1.29, 1.82) is 0 Å². The highest BCUT2D eigenvalue weighted by Crippen LogP contribution is 2.16. The number of thioether (sulfide) groups is 1. The Morgan fingerprint density at radius 1 is 1.17 bits per heavy atom. The zero-order chi connectivity index (χ0) is 16.9. The fraction of sp³-hybridized carbons (Fsp3) is 0.167. The van der Waals surface area contributed by atoms with Crippen LogP contribution in [0.2, 0.25) is 0 Å². The van der Waals surface area contributed by atoms with Gasteiger partial charge in [0.15, 0.2) is 5.16 Å². The molecule has 0 saturated carbocycles. The first kappa shape index (κ1) is 16.3. The van der Waals surface area contributed by atoms with Crippen molar-refractivity contribution in [3.8, 4) is 0 Å². The molecule has 0 saturated heterocycles. The maximum absolute atomic E-state index is 12.1. The molecule has 0 bridgehead atoms. The summed E-state index contributed by atoms with van der Waals surface area (Å²) in [7, 11) is 0. The second-order valence-corrected chi connectivity index (χ2v) is 6.34. The van der Waals surface area contributed by atoms with Crippen LogP contribution < -0.4 is 10.9 Å². The lowest BCUT2D eigenvalue weighted by atomic mass is 10.1. The highest BCUT2D eigenvalue weighted by atomic mass is 32.2. The summed E-state index contributed by atoms with van der Waals surface area (Å²) in [6.07, 6.45) is 0. The third-order valence-corrected chi connectivity index (χ3v) is 4.48. The van der Waals surface area contributed by atoms with Crippen molar-refractivity contribution in [3.63, 3.8) is 0 Å². The standard InChI is InChI=1S/C18H17N3O2S/c1-12(13-7-3-2-4-8-13)19-16(22)11-24-18-20-15-10-6-5-9-14(15)17(23)21-18/h2-10,12H,11H2,1H3,(H,19,22)(H,20,21,23)/t12-/m0/s1. The molecule has 0 spiro atoms. The lowest BCUT2D eigenvalue weighted by Crippen LogP contribution is -2.28. The van der Waals surface area contributed by atoms with Crippen LogP contribution in [0.25, 0.3) is 10.9 Å². The number of hydrogen-bond donors (Lipinski definition) is 2.